The second kappa shape index (κ2) is 11.8. The topological polar surface area (TPSA) is 0 Å². The van der Waals surface area contributed by atoms with Crippen molar-refractivity contribution in [3.05, 3.63) is 0 Å². The molecule has 0 aromatic rings. The fourth-order valence-electron chi connectivity index (χ4n) is 3.29. The van der Waals surface area contributed by atoms with Crippen LogP contribution in [0.1, 0.15) is 99.3 Å². The second-order valence-corrected chi connectivity index (χ2v) is 6.98. The molecule has 3 unspecified atom stereocenters. The molecular formula is C19H40. The highest BCUT2D eigenvalue weighted by atomic mass is 14.2. The van der Waals surface area contributed by atoms with Crippen LogP contribution in [0.25, 0.3) is 0 Å². The number of rotatable bonds is 12. The molecule has 3 atom stereocenters. The molecule has 0 spiro atoms. The van der Waals surface area contributed by atoms with Crippen molar-refractivity contribution in [2.24, 2.45) is 23.7 Å². The van der Waals surface area contributed by atoms with Crippen LogP contribution in [0.3, 0.4) is 0 Å². The number of hydrogen-bond donors (Lipinski definition) is 0. The Morgan fingerprint density at radius 3 is 1.58 bits per heavy atom. The zero-order valence-corrected chi connectivity index (χ0v) is 14.7. The van der Waals surface area contributed by atoms with Gasteiger partial charge in [0.05, 0.1) is 0 Å². The monoisotopic (exact) mass is 268 g/mol. The molecule has 0 saturated heterocycles. The van der Waals surface area contributed by atoms with Gasteiger partial charge in [-0.25, -0.2) is 0 Å². The van der Waals surface area contributed by atoms with Crippen molar-refractivity contribution in [2.45, 2.75) is 99.3 Å². The van der Waals surface area contributed by atoms with E-state index in [0.717, 1.165) is 23.7 Å². The first-order valence-electron chi connectivity index (χ1n) is 9.07. The van der Waals surface area contributed by atoms with Crippen molar-refractivity contribution in [3.8, 4) is 0 Å². The van der Waals surface area contributed by atoms with Crippen LogP contribution in [0.2, 0.25) is 0 Å². The average Bonchev–Trinajstić information content (AvgIpc) is 2.43. The fourth-order valence-corrected chi connectivity index (χ4v) is 3.29. The molecule has 0 aromatic heterocycles. The van der Waals surface area contributed by atoms with Crippen molar-refractivity contribution in [2.75, 3.05) is 0 Å². The quantitative estimate of drug-likeness (QED) is 0.354. The van der Waals surface area contributed by atoms with Crippen molar-refractivity contribution in [1.29, 1.82) is 0 Å². The molecule has 0 heterocycles. The van der Waals surface area contributed by atoms with Crippen molar-refractivity contribution >= 4 is 0 Å². The van der Waals surface area contributed by atoms with E-state index in [9.17, 15) is 0 Å². The lowest BCUT2D eigenvalue weighted by Crippen LogP contribution is -2.08. The van der Waals surface area contributed by atoms with E-state index in [-0.39, 0.29) is 0 Å². The van der Waals surface area contributed by atoms with Crippen molar-refractivity contribution < 1.29 is 0 Å². The van der Waals surface area contributed by atoms with Gasteiger partial charge in [0, 0.05) is 0 Å². The van der Waals surface area contributed by atoms with Crippen LogP contribution in [0, 0.1) is 23.7 Å². The summed E-state index contributed by atoms with van der Waals surface area (Å²) in [5, 5.41) is 0. The van der Waals surface area contributed by atoms with E-state index in [4.69, 9.17) is 0 Å². The van der Waals surface area contributed by atoms with Crippen molar-refractivity contribution in [3.63, 3.8) is 0 Å². The normalized spacial score (nSPS) is 16.6. The van der Waals surface area contributed by atoms with Gasteiger partial charge in [0.2, 0.25) is 0 Å². The molecule has 0 aliphatic heterocycles. The Balaban J connectivity index is 3.80. The molecule has 19 heavy (non-hydrogen) atoms. The average molecular weight is 269 g/mol. The van der Waals surface area contributed by atoms with Gasteiger partial charge in [0.25, 0.3) is 0 Å². The number of hydrogen-bond acceptors (Lipinski definition) is 0. The lowest BCUT2D eigenvalue weighted by atomic mass is 9.85. The first-order valence-corrected chi connectivity index (χ1v) is 9.07. The summed E-state index contributed by atoms with van der Waals surface area (Å²) in [7, 11) is 0. The maximum Gasteiger partial charge on any atom is -0.0414 e. The molecule has 0 bridgehead atoms. The molecule has 0 fully saturated rings. The van der Waals surface area contributed by atoms with Gasteiger partial charge in [-0.1, -0.05) is 86.5 Å². The van der Waals surface area contributed by atoms with Gasteiger partial charge in [0.15, 0.2) is 0 Å². The molecule has 0 radical (unpaired) electrons. The van der Waals surface area contributed by atoms with E-state index in [0.29, 0.717) is 0 Å². The largest absolute Gasteiger partial charge is 0.0651 e. The summed E-state index contributed by atoms with van der Waals surface area (Å²) in [5.74, 6) is 3.81. The Bertz CT molecular complexity index is 180. The SMILES string of the molecule is CCC(C)CC(CC)CCCC(C)CC(CC)CC. The maximum atomic E-state index is 2.47. The van der Waals surface area contributed by atoms with Crippen LogP contribution in [-0.2, 0) is 0 Å². The summed E-state index contributed by atoms with van der Waals surface area (Å²) in [6.45, 7) is 14.3. The van der Waals surface area contributed by atoms with Gasteiger partial charge in [-0.15, -0.1) is 0 Å². The Morgan fingerprint density at radius 2 is 1.11 bits per heavy atom. The van der Waals surface area contributed by atoms with Gasteiger partial charge in [-0.2, -0.15) is 0 Å². The van der Waals surface area contributed by atoms with Crippen LogP contribution >= 0.6 is 0 Å². The predicted molar refractivity (Wildman–Crippen MR) is 89.6 cm³/mol. The van der Waals surface area contributed by atoms with Crippen LogP contribution in [0.4, 0.5) is 0 Å². The summed E-state index contributed by atoms with van der Waals surface area (Å²) in [6.07, 6.45) is 12.7. The van der Waals surface area contributed by atoms with Gasteiger partial charge in [0.1, 0.15) is 0 Å². The van der Waals surface area contributed by atoms with Gasteiger partial charge >= 0.3 is 0 Å². The zero-order chi connectivity index (χ0) is 14.7. The first-order chi connectivity index (χ1) is 9.07. The van der Waals surface area contributed by atoms with Crippen LogP contribution in [0.5, 0.6) is 0 Å². The van der Waals surface area contributed by atoms with Gasteiger partial charge in [-0.3, -0.25) is 0 Å². The summed E-state index contributed by atoms with van der Waals surface area (Å²) in [4.78, 5) is 0. The fraction of sp³-hybridized carbons (Fsp3) is 1.00. The summed E-state index contributed by atoms with van der Waals surface area (Å²) < 4.78 is 0. The third kappa shape index (κ3) is 9.52. The lowest BCUT2D eigenvalue weighted by molar-refractivity contribution is 0.312. The highest BCUT2D eigenvalue weighted by Gasteiger charge is 2.13. The van der Waals surface area contributed by atoms with E-state index in [2.05, 4.69) is 41.5 Å². The van der Waals surface area contributed by atoms with E-state index < -0.39 is 0 Å². The standard InChI is InChI=1S/C19H40/c1-7-16(5)14-19(10-4)13-11-12-17(6)15-18(8-2)9-3/h16-19H,7-15H2,1-6H3. The zero-order valence-electron chi connectivity index (χ0n) is 14.7. The summed E-state index contributed by atoms with van der Waals surface area (Å²) in [6, 6.07) is 0. The molecule has 0 N–H and O–H groups in total. The third-order valence-corrected chi connectivity index (χ3v) is 5.21. The molecule has 0 saturated carbocycles. The Labute approximate surface area is 123 Å². The lowest BCUT2D eigenvalue weighted by Gasteiger charge is -2.21. The Morgan fingerprint density at radius 1 is 0.579 bits per heavy atom. The van der Waals surface area contributed by atoms with E-state index in [1.807, 2.05) is 0 Å². The van der Waals surface area contributed by atoms with E-state index in [1.54, 1.807) is 0 Å². The molecule has 0 nitrogen and oxygen atoms in total. The molecular weight excluding hydrogens is 228 g/mol. The molecule has 0 heteroatoms. The van der Waals surface area contributed by atoms with Gasteiger partial charge in [-0.05, 0) is 36.5 Å². The van der Waals surface area contributed by atoms with Crippen LogP contribution in [0.15, 0.2) is 0 Å². The summed E-state index contributed by atoms with van der Waals surface area (Å²) >= 11 is 0. The second-order valence-electron chi connectivity index (χ2n) is 6.98. The van der Waals surface area contributed by atoms with Crippen molar-refractivity contribution in [1.82, 2.24) is 0 Å². The molecule has 116 valence electrons. The van der Waals surface area contributed by atoms with Crippen LogP contribution < -0.4 is 0 Å². The van der Waals surface area contributed by atoms with Gasteiger partial charge < -0.3 is 0 Å². The van der Waals surface area contributed by atoms with Crippen LogP contribution in [-0.4, -0.2) is 0 Å². The first kappa shape index (κ1) is 19.0. The highest BCUT2D eigenvalue weighted by Crippen LogP contribution is 2.26. The molecule has 0 aliphatic carbocycles. The summed E-state index contributed by atoms with van der Waals surface area (Å²) in [5.41, 5.74) is 0. The minimum atomic E-state index is 0.923. The molecule has 0 aromatic carbocycles. The minimum absolute atomic E-state index is 0.923. The van der Waals surface area contributed by atoms with E-state index in [1.165, 1.54) is 57.8 Å². The highest BCUT2D eigenvalue weighted by molar-refractivity contribution is 4.65. The molecule has 0 rings (SSSR count). The smallest absolute Gasteiger partial charge is 0.0414 e. The molecule has 0 amide bonds. The Hall–Kier alpha value is 0. The predicted octanol–water partition coefficient (Wildman–Crippen LogP) is 7.08. The maximum absolute atomic E-state index is 2.47. The minimum Gasteiger partial charge on any atom is -0.0651 e. The van der Waals surface area contributed by atoms with E-state index >= 15 is 0 Å². The molecule has 0 aliphatic rings. The third-order valence-electron chi connectivity index (χ3n) is 5.21. The Kier molecular flexibility index (Phi) is 11.8.